The number of aliphatic carboxylic acids is 1. The molecule has 0 aromatic carbocycles. The van der Waals surface area contributed by atoms with E-state index in [1.807, 2.05) is 6.08 Å². The first-order valence-electron chi connectivity index (χ1n) is 12.4. The van der Waals surface area contributed by atoms with Crippen LogP contribution in [0, 0.1) is 5.92 Å². The van der Waals surface area contributed by atoms with Crippen LogP contribution in [0.5, 0.6) is 0 Å². The van der Waals surface area contributed by atoms with Crippen LogP contribution in [-0.2, 0) is 28.7 Å². The summed E-state index contributed by atoms with van der Waals surface area (Å²) in [7, 11) is 1.31. The third-order valence-electron chi connectivity index (χ3n) is 5.26. The van der Waals surface area contributed by atoms with E-state index in [1.165, 1.54) is 46.1 Å². The zero-order valence-electron chi connectivity index (χ0n) is 22.5. The van der Waals surface area contributed by atoms with E-state index in [4.69, 9.17) is 9.47 Å². The number of ether oxygens (including phenoxy) is 2. The Morgan fingerprint density at radius 1 is 1.00 bits per heavy atom. The zero-order valence-corrected chi connectivity index (χ0v) is 24.5. The van der Waals surface area contributed by atoms with Crippen molar-refractivity contribution in [2.45, 2.75) is 84.2 Å². The number of likely N-dealkylation sites (N-methyl/N-ethyl adjacent to an activating group) is 1. The minimum atomic E-state index is -1.40. The molecule has 0 bridgehead atoms. The van der Waals surface area contributed by atoms with Gasteiger partial charge in [0.2, 0.25) is 5.91 Å². The van der Waals surface area contributed by atoms with Crippen molar-refractivity contribution in [2.75, 3.05) is 26.8 Å². The Bertz CT molecular complexity index is 710. The molecule has 0 rings (SSSR count). The minimum Gasteiger partial charge on any atom is -0.548 e. The molecule has 0 heterocycles. The van der Waals surface area contributed by atoms with E-state index in [0.29, 0.717) is 0 Å². The van der Waals surface area contributed by atoms with E-state index in [-0.39, 0.29) is 48.2 Å². The second kappa shape index (κ2) is 22.5. The summed E-state index contributed by atoms with van der Waals surface area (Å²) in [5, 5.41) is 20.6. The number of carboxylic acid groups (broad SMARTS) is 1. The molecule has 0 aromatic heterocycles. The zero-order chi connectivity index (χ0) is 26.6. The van der Waals surface area contributed by atoms with E-state index >= 15 is 0 Å². The average Bonchev–Trinajstić information content (AvgIpc) is 2.80. The molecule has 0 aliphatic carbocycles. The molecular weight excluding hydrogens is 477 g/mol. The Kier molecular flexibility index (Phi) is 22.8. The third-order valence-corrected chi connectivity index (χ3v) is 5.26. The van der Waals surface area contributed by atoms with Crippen molar-refractivity contribution in [1.29, 1.82) is 0 Å². The number of hydrogen-bond acceptors (Lipinski definition) is 8. The topological polar surface area (TPSA) is 133 Å². The third kappa shape index (κ3) is 19.5. The summed E-state index contributed by atoms with van der Waals surface area (Å²) in [4.78, 5) is 48.0. The molecule has 0 fully saturated rings. The number of allylic oxidation sites excluding steroid dienone is 1. The summed E-state index contributed by atoms with van der Waals surface area (Å²) in [5.41, 5.74) is 0.176. The Balaban J connectivity index is 0. The number of carbonyl (C=O) groups is 4. The average molecular weight is 520 g/mol. The van der Waals surface area contributed by atoms with Gasteiger partial charge in [-0.05, 0) is 19.8 Å². The van der Waals surface area contributed by atoms with Gasteiger partial charge in [-0.2, -0.15) is 0 Å². The van der Waals surface area contributed by atoms with Crippen LogP contribution < -0.4 is 34.7 Å². The van der Waals surface area contributed by atoms with Gasteiger partial charge in [0.1, 0.15) is 19.3 Å². The van der Waals surface area contributed by atoms with E-state index in [0.717, 1.165) is 30.6 Å². The van der Waals surface area contributed by atoms with Crippen LogP contribution in [0.4, 0.5) is 0 Å². The standard InChI is InChI=1S/C26H43NO8.Na/c1-5-6-7-8-9-10-11-12-13-14-15-21(16-23(29)27(4)17-24(30)31)26(33)35-19-22(28)18-34-25(32)20(2)3;/h14-15,21-22,28H,2,5-13,16-19H2,1,3-4H3,(H,30,31);/q;+1/p-1/b15-14+;. The van der Waals surface area contributed by atoms with Crippen LogP contribution >= 0.6 is 0 Å². The number of aliphatic hydroxyl groups is 1. The quantitative estimate of drug-likeness (QED) is 0.0735. The normalized spacial score (nSPS) is 12.3. The predicted molar refractivity (Wildman–Crippen MR) is 130 cm³/mol. The van der Waals surface area contributed by atoms with Gasteiger partial charge in [-0.15, -0.1) is 0 Å². The molecule has 0 aliphatic heterocycles. The number of carboxylic acids is 1. The van der Waals surface area contributed by atoms with Gasteiger partial charge in [0.15, 0.2) is 0 Å². The molecule has 0 aromatic rings. The summed E-state index contributed by atoms with van der Waals surface area (Å²) >= 11 is 0. The number of esters is 2. The molecule has 9 nitrogen and oxygen atoms in total. The van der Waals surface area contributed by atoms with Crippen LogP contribution in [0.3, 0.4) is 0 Å². The summed E-state index contributed by atoms with van der Waals surface area (Å²) in [5.74, 6) is -4.30. The fraction of sp³-hybridized carbons (Fsp3) is 0.692. The number of unbranched alkanes of at least 4 members (excludes halogenated alkanes) is 8. The Labute approximate surface area is 237 Å². The maximum atomic E-state index is 12.6. The van der Waals surface area contributed by atoms with Crippen LogP contribution in [0.2, 0.25) is 0 Å². The molecule has 0 aliphatic rings. The molecule has 1 N–H and O–H groups in total. The van der Waals surface area contributed by atoms with Crippen molar-refractivity contribution in [3.8, 4) is 0 Å². The molecule has 2 atom stereocenters. The molecule has 200 valence electrons. The maximum absolute atomic E-state index is 12.6. The first-order chi connectivity index (χ1) is 16.6. The van der Waals surface area contributed by atoms with Crippen molar-refractivity contribution < 1.29 is 68.4 Å². The molecule has 2 unspecified atom stereocenters. The fourth-order valence-electron chi connectivity index (χ4n) is 3.14. The van der Waals surface area contributed by atoms with E-state index < -0.39 is 49.0 Å². The molecule has 10 heteroatoms. The fourth-order valence-corrected chi connectivity index (χ4v) is 3.14. The minimum absolute atomic E-state index is 0. The number of hydrogen-bond donors (Lipinski definition) is 1. The van der Waals surface area contributed by atoms with Gasteiger partial charge >= 0.3 is 41.5 Å². The van der Waals surface area contributed by atoms with Crippen LogP contribution in [0.25, 0.3) is 0 Å². The van der Waals surface area contributed by atoms with Gasteiger partial charge in [0.05, 0.1) is 18.4 Å². The summed E-state index contributed by atoms with van der Waals surface area (Å²) in [6, 6.07) is 0. The molecule has 36 heavy (non-hydrogen) atoms. The SMILES string of the molecule is C=C(C)C(=O)OCC(O)COC(=O)C(/C=C/CCCCCCCCCC)CC(=O)N(C)CC(=O)[O-].[Na+]. The van der Waals surface area contributed by atoms with Crippen LogP contribution in [0.15, 0.2) is 24.3 Å². The van der Waals surface area contributed by atoms with Gasteiger partial charge in [-0.3, -0.25) is 9.59 Å². The number of nitrogens with zero attached hydrogens (tertiary/aromatic N) is 1. The van der Waals surface area contributed by atoms with Gasteiger partial charge in [0.25, 0.3) is 0 Å². The van der Waals surface area contributed by atoms with Gasteiger partial charge in [-0.25, -0.2) is 4.79 Å². The Hall–Kier alpha value is -1.68. The van der Waals surface area contributed by atoms with Crippen molar-refractivity contribution in [3.05, 3.63) is 24.3 Å². The Morgan fingerprint density at radius 3 is 2.11 bits per heavy atom. The van der Waals surface area contributed by atoms with Crippen molar-refractivity contribution in [3.63, 3.8) is 0 Å². The molecule has 0 saturated carbocycles. The molecular formula is C26H42NNaO8. The molecule has 0 radical (unpaired) electrons. The number of amides is 1. The molecule has 1 amide bonds. The molecule has 0 spiro atoms. The number of carbonyl (C=O) groups excluding carboxylic acids is 4. The van der Waals surface area contributed by atoms with Gasteiger partial charge < -0.3 is 29.4 Å². The van der Waals surface area contributed by atoms with E-state index in [2.05, 4.69) is 13.5 Å². The first-order valence-corrected chi connectivity index (χ1v) is 12.4. The van der Waals surface area contributed by atoms with Crippen LogP contribution in [-0.4, -0.2) is 66.7 Å². The van der Waals surface area contributed by atoms with E-state index in [9.17, 15) is 29.4 Å². The second-order valence-corrected chi connectivity index (χ2v) is 8.79. The number of aliphatic hydroxyl groups excluding tert-OH is 1. The van der Waals surface area contributed by atoms with Crippen LogP contribution in [0.1, 0.15) is 78.1 Å². The van der Waals surface area contributed by atoms with Gasteiger partial charge in [0, 0.05) is 19.0 Å². The van der Waals surface area contributed by atoms with E-state index in [1.54, 1.807) is 6.08 Å². The maximum Gasteiger partial charge on any atom is 1.00 e. The summed E-state index contributed by atoms with van der Waals surface area (Å²) in [6.45, 7) is 5.71. The largest absolute Gasteiger partial charge is 1.00 e. The van der Waals surface area contributed by atoms with Gasteiger partial charge in [-0.1, -0.05) is 70.6 Å². The predicted octanol–water partition coefficient (Wildman–Crippen LogP) is -0.685. The van der Waals surface area contributed by atoms with Crippen molar-refractivity contribution in [2.24, 2.45) is 5.92 Å². The number of rotatable bonds is 20. The Morgan fingerprint density at radius 2 is 1.56 bits per heavy atom. The van der Waals surface area contributed by atoms with Crippen molar-refractivity contribution >= 4 is 23.8 Å². The monoisotopic (exact) mass is 519 g/mol. The smallest absolute Gasteiger partial charge is 0.548 e. The molecule has 0 saturated heterocycles. The summed E-state index contributed by atoms with van der Waals surface area (Å²) in [6.07, 6.45) is 12.0. The first kappa shape index (κ1) is 36.5. The second-order valence-electron chi connectivity index (χ2n) is 8.79. The van der Waals surface area contributed by atoms with Crippen molar-refractivity contribution in [1.82, 2.24) is 4.90 Å². The summed E-state index contributed by atoms with van der Waals surface area (Å²) < 4.78 is 9.92.